The SMILES string of the molecule is CC1CCCC1C(=O)Cc1csnn1. The van der Waals surface area contributed by atoms with E-state index in [0.717, 1.165) is 12.1 Å². The topological polar surface area (TPSA) is 42.9 Å². The molecule has 0 spiro atoms. The second kappa shape index (κ2) is 4.17. The summed E-state index contributed by atoms with van der Waals surface area (Å²) in [5.74, 6) is 1.19. The zero-order valence-corrected chi connectivity index (χ0v) is 9.09. The predicted octanol–water partition coefficient (Wildman–Crippen LogP) is 2.09. The van der Waals surface area contributed by atoms with Gasteiger partial charge in [0.1, 0.15) is 5.78 Å². The lowest BCUT2D eigenvalue weighted by atomic mass is 9.91. The molecule has 76 valence electrons. The van der Waals surface area contributed by atoms with E-state index in [2.05, 4.69) is 16.5 Å². The Balaban J connectivity index is 1.95. The number of rotatable bonds is 3. The van der Waals surface area contributed by atoms with Crippen LogP contribution in [0.3, 0.4) is 0 Å². The summed E-state index contributed by atoms with van der Waals surface area (Å²) in [7, 11) is 0. The Morgan fingerprint density at radius 1 is 1.64 bits per heavy atom. The average Bonchev–Trinajstić information content (AvgIpc) is 2.75. The number of hydrogen-bond acceptors (Lipinski definition) is 4. The standard InChI is InChI=1S/C10H14N2OS/c1-7-3-2-4-9(7)10(13)5-8-6-14-12-11-8/h6-7,9H,2-5H2,1H3. The van der Waals surface area contributed by atoms with Crippen molar-refractivity contribution in [2.75, 3.05) is 0 Å². The number of aromatic nitrogens is 2. The fourth-order valence-electron chi connectivity index (χ4n) is 2.19. The number of ketones is 1. The van der Waals surface area contributed by atoms with Crippen LogP contribution in [0.15, 0.2) is 5.38 Å². The molecule has 1 saturated carbocycles. The molecule has 1 fully saturated rings. The molecule has 0 radical (unpaired) electrons. The molecule has 1 aromatic rings. The van der Waals surface area contributed by atoms with E-state index >= 15 is 0 Å². The van der Waals surface area contributed by atoms with Crippen LogP contribution in [-0.4, -0.2) is 15.4 Å². The molecule has 1 aliphatic carbocycles. The van der Waals surface area contributed by atoms with Crippen molar-refractivity contribution in [3.8, 4) is 0 Å². The van der Waals surface area contributed by atoms with Gasteiger partial charge in [-0.2, -0.15) is 0 Å². The molecule has 1 aromatic heterocycles. The zero-order chi connectivity index (χ0) is 9.97. The van der Waals surface area contributed by atoms with E-state index in [1.165, 1.54) is 24.4 Å². The molecule has 1 heterocycles. The molecule has 0 aliphatic heterocycles. The van der Waals surface area contributed by atoms with Crippen molar-refractivity contribution in [1.29, 1.82) is 0 Å². The third kappa shape index (κ3) is 2.00. The Morgan fingerprint density at radius 3 is 3.07 bits per heavy atom. The van der Waals surface area contributed by atoms with E-state index in [4.69, 9.17) is 0 Å². The van der Waals surface area contributed by atoms with Crippen LogP contribution in [0, 0.1) is 11.8 Å². The molecule has 1 aliphatic rings. The number of Topliss-reactive ketones (excluding diaryl/α,β-unsaturated/α-hetero) is 1. The molecule has 2 atom stereocenters. The maximum atomic E-state index is 11.9. The van der Waals surface area contributed by atoms with E-state index in [-0.39, 0.29) is 5.92 Å². The molecule has 0 aromatic carbocycles. The fourth-order valence-corrected chi connectivity index (χ4v) is 2.65. The third-order valence-corrected chi connectivity index (χ3v) is 3.59. The first-order valence-corrected chi connectivity index (χ1v) is 5.89. The summed E-state index contributed by atoms with van der Waals surface area (Å²) < 4.78 is 3.76. The lowest BCUT2D eigenvalue weighted by Gasteiger charge is -2.12. The summed E-state index contributed by atoms with van der Waals surface area (Å²) in [6.45, 7) is 2.18. The lowest BCUT2D eigenvalue weighted by Crippen LogP contribution is -2.19. The molecule has 0 amide bonds. The molecule has 3 nitrogen and oxygen atoms in total. The number of nitrogens with zero attached hydrogens (tertiary/aromatic N) is 2. The van der Waals surface area contributed by atoms with Crippen molar-refractivity contribution in [2.24, 2.45) is 11.8 Å². The van der Waals surface area contributed by atoms with Gasteiger partial charge in [0.05, 0.1) is 12.1 Å². The minimum Gasteiger partial charge on any atom is -0.299 e. The van der Waals surface area contributed by atoms with Crippen molar-refractivity contribution in [1.82, 2.24) is 9.59 Å². The van der Waals surface area contributed by atoms with E-state index in [1.54, 1.807) is 0 Å². The third-order valence-electron chi connectivity index (χ3n) is 3.04. The number of hydrogen-bond donors (Lipinski definition) is 0. The summed E-state index contributed by atoms with van der Waals surface area (Å²) >= 11 is 1.31. The first-order chi connectivity index (χ1) is 6.77. The second-order valence-corrected chi connectivity index (χ2v) is 4.66. The normalized spacial score (nSPS) is 26.6. The Kier molecular flexibility index (Phi) is 2.91. The van der Waals surface area contributed by atoms with Gasteiger partial charge >= 0.3 is 0 Å². The summed E-state index contributed by atoms with van der Waals surface area (Å²) in [5.41, 5.74) is 0.833. The van der Waals surface area contributed by atoms with Crippen molar-refractivity contribution >= 4 is 17.3 Å². The molecule has 2 unspecified atom stereocenters. The zero-order valence-electron chi connectivity index (χ0n) is 8.27. The van der Waals surface area contributed by atoms with Crippen molar-refractivity contribution in [3.63, 3.8) is 0 Å². The molecule has 0 bridgehead atoms. The minimum absolute atomic E-state index is 0.275. The molecule has 4 heteroatoms. The van der Waals surface area contributed by atoms with Crippen LogP contribution in [0.5, 0.6) is 0 Å². The van der Waals surface area contributed by atoms with Crippen molar-refractivity contribution in [3.05, 3.63) is 11.1 Å². The van der Waals surface area contributed by atoms with Crippen LogP contribution in [0.4, 0.5) is 0 Å². The average molecular weight is 210 g/mol. The first kappa shape index (κ1) is 9.77. The second-order valence-electron chi connectivity index (χ2n) is 4.05. The molecular formula is C10H14N2OS. The highest BCUT2D eigenvalue weighted by molar-refractivity contribution is 7.03. The van der Waals surface area contributed by atoms with Gasteiger partial charge in [0.15, 0.2) is 0 Å². The van der Waals surface area contributed by atoms with E-state index in [1.807, 2.05) is 5.38 Å². The van der Waals surface area contributed by atoms with E-state index in [0.29, 0.717) is 18.1 Å². The fraction of sp³-hybridized carbons (Fsp3) is 0.700. The van der Waals surface area contributed by atoms with Crippen LogP contribution in [0.1, 0.15) is 31.9 Å². The van der Waals surface area contributed by atoms with Gasteiger partial charge < -0.3 is 0 Å². The Labute approximate surface area is 87.7 Å². The number of carbonyl (C=O) groups excluding carboxylic acids is 1. The molecule has 14 heavy (non-hydrogen) atoms. The highest BCUT2D eigenvalue weighted by Gasteiger charge is 2.29. The van der Waals surface area contributed by atoms with Gasteiger partial charge in [-0.15, -0.1) is 5.10 Å². The lowest BCUT2D eigenvalue weighted by molar-refractivity contribution is -0.123. The first-order valence-electron chi connectivity index (χ1n) is 5.06. The molecule has 2 rings (SSSR count). The highest BCUT2D eigenvalue weighted by Crippen LogP contribution is 2.32. The van der Waals surface area contributed by atoms with Gasteiger partial charge in [-0.3, -0.25) is 4.79 Å². The quantitative estimate of drug-likeness (QED) is 0.767. The van der Waals surface area contributed by atoms with Gasteiger partial charge in [0, 0.05) is 11.3 Å². The van der Waals surface area contributed by atoms with Gasteiger partial charge in [-0.25, -0.2) is 0 Å². The van der Waals surface area contributed by atoms with E-state index < -0.39 is 0 Å². The van der Waals surface area contributed by atoms with Crippen LogP contribution >= 0.6 is 11.5 Å². The summed E-state index contributed by atoms with van der Waals surface area (Å²) in [6, 6.07) is 0. The van der Waals surface area contributed by atoms with Gasteiger partial charge in [-0.05, 0) is 30.3 Å². The van der Waals surface area contributed by atoms with E-state index in [9.17, 15) is 4.79 Å². The highest BCUT2D eigenvalue weighted by atomic mass is 32.1. The molecule has 0 N–H and O–H groups in total. The largest absolute Gasteiger partial charge is 0.299 e. The van der Waals surface area contributed by atoms with Crippen molar-refractivity contribution < 1.29 is 4.79 Å². The van der Waals surface area contributed by atoms with Crippen LogP contribution < -0.4 is 0 Å². The summed E-state index contributed by atoms with van der Waals surface area (Å²) in [5, 5.41) is 5.76. The predicted molar refractivity (Wildman–Crippen MR) is 55.1 cm³/mol. The maximum Gasteiger partial charge on any atom is 0.142 e. The van der Waals surface area contributed by atoms with Crippen LogP contribution in [-0.2, 0) is 11.2 Å². The van der Waals surface area contributed by atoms with Crippen LogP contribution in [0.2, 0.25) is 0 Å². The Hall–Kier alpha value is -0.770. The van der Waals surface area contributed by atoms with Gasteiger partial charge in [0.25, 0.3) is 0 Å². The summed E-state index contributed by atoms with van der Waals surface area (Å²) in [4.78, 5) is 11.9. The monoisotopic (exact) mass is 210 g/mol. The molecule has 0 saturated heterocycles. The minimum atomic E-state index is 0.275. The van der Waals surface area contributed by atoms with Crippen LogP contribution in [0.25, 0.3) is 0 Å². The Bertz CT molecular complexity index is 310. The summed E-state index contributed by atoms with van der Waals surface area (Å²) in [6.07, 6.45) is 3.95. The molecular weight excluding hydrogens is 196 g/mol. The van der Waals surface area contributed by atoms with Crippen molar-refractivity contribution in [2.45, 2.75) is 32.6 Å². The smallest absolute Gasteiger partial charge is 0.142 e. The van der Waals surface area contributed by atoms with Gasteiger partial charge in [0.2, 0.25) is 0 Å². The number of carbonyl (C=O) groups is 1. The Morgan fingerprint density at radius 2 is 2.50 bits per heavy atom. The maximum absolute atomic E-state index is 11.9. The van der Waals surface area contributed by atoms with Gasteiger partial charge in [-0.1, -0.05) is 17.8 Å².